The summed E-state index contributed by atoms with van der Waals surface area (Å²) in [6, 6.07) is 9.57. The number of amides is 7. The maximum atomic E-state index is 16.7. The number of aromatic nitrogens is 2. The number of nitrogens with zero attached hydrogens (tertiary/aromatic N) is 6. The van der Waals surface area contributed by atoms with Gasteiger partial charge in [-0.2, -0.15) is 0 Å². The summed E-state index contributed by atoms with van der Waals surface area (Å²) in [6.07, 6.45) is 14.4. The second-order valence-electron chi connectivity index (χ2n) is 37.5. The molecule has 34 heteroatoms. The fourth-order valence-corrected chi connectivity index (χ4v) is 19.9. The molecule has 5 aromatic rings. The molecular weight excluding hydrogens is 1710 g/mol. The average Bonchev–Trinajstić information content (AvgIpc) is 1.57. The predicted molar refractivity (Wildman–Crippen MR) is 494 cm³/mol. The number of hydrogen-bond acceptors (Lipinski definition) is 25. The molecule has 14 rings (SSSR count). The number of allylic oxidation sites excluding steroid dienone is 2. The number of halogens is 1. The second-order valence-corrected chi connectivity index (χ2v) is 37.5. The first-order valence-electron chi connectivity index (χ1n) is 46.0. The number of nitrogens with two attached hydrogens (primary N) is 1. The number of phenols is 1. The van der Waals surface area contributed by atoms with Gasteiger partial charge in [-0.05, 0) is 157 Å². The van der Waals surface area contributed by atoms with Crippen molar-refractivity contribution in [2.75, 3.05) is 67.3 Å². The number of aromatic hydroxyl groups is 1. The maximum Gasteiger partial charge on any atom is 0.341 e. The number of aliphatic hydroxyl groups excluding tert-OH is 2. The molecule has 6 aliphatic heterocycles. The van der Waals surface area contributed by atoms with Gasteiger partial charge in [-0.15, -0.1) is 0 Å². The number of methoxy groups -OCH3 is 1. The Morgan fingerprint density at radius 2 is 1.50 bits per heavy atom. The van der Waals surface area contributed by atoms with Crippen molar-refractivity contribution in [1.82, 2.24) is 29.8 Å². The van der Waals surface area contributed by atoms with Crippen molar-refractivity contribution in [3.63, 3.8) is 0 Å². The van der Waals surface area contributed by atoms with Crippen LogP contribution < -0.4 is 57.3 Å². The molecule has 4 fully saturated rings. The van der Waals surface area contributed by atoms with Gasteiger partial charge in [0.15, 0.2) is 22.9 Å². The number of esters is 1. The highest BCUT2D eigenvalue weighted by Gasteiger charge is 2.57. The van der Waals surface area contributed by atoms with E-state index in [0.717, 1.165) is 48.8 Å². The van der Waals surface area contributed by atoms with Gasteiger partial charge in [0.2, 0.25) is 29.1 Å². The Morgan fingerprint density at radius 1 is 0.812 bits per heavy atom. The molecule has 0 spiro atoms. The minimum Gasteiger partial charge on any atom is -0.507 e. The van der Waals surface area contributed by atoms with Crippen LogP contribution >= 0.6 is 0 Å². The monoisotopic (exact) mass is 1830 g/mol. The lowest BCUT2D eigenvalue weighted by atomic mass is 9.78. The summed E-state index contributed by atoms with van der Waals surface area (Å²) in [4.78, 5) is 176. The van der Waals surface area contributed by atoms with Crippen molar-refractivity contribution in [2.45, 2.75) is 239 Å². The van der Waals surface area contributed by atoms with E-state index in [9.17, 15) is 68.4 Å². The van der Waals surface area contributed by atoms with Crippen molar-refractivity contribution in [1.29, 1.82) is 0 Å². The Morgan fingerprint density at radius 3 is 2.16 bits per heavy atom. The normalized spacial score (nSPS) is 24.3. The van der Waals surface area contributed by atoms with Crippen LogP contribution in [0.2, 0.25) is 0 Å². The van der Waals surface area contributed by atoms with E-state index < -0.39 is 170 Å². The molecule has 2 saturated heterocycles. The lowest BCUT2D eigenvalue weighted by Crippen LogP contribution is -2.54. The molecule has 3 aromatic carbocycles. The van der Waals surface area contributed by atoms with Gasteiger partial charge in [-0.3, -0.25) is 66.9 Å². The number of primary amides is 1. The SMILES string of the molecule is CO[C@H]1/C=C/O[C@@]2(C)Oc3c(C)c(O)c4c(=O)c(c5oc6cc(N7CCC(N(C)C8([C@@H]9CCN(c%10c(F)cn%11c(=O)c(C(=O)O)cc(C%12CC%12)c%11c%10C)C9)CC8)CC7)cc(OCc7ccc(NC(=O)[C@H](CCCCC(N)=O)NC(=O)[C@@H](NC(=O)CCCCCN8C(=O)C=CC8=O)C(C)C)cc7)c6nc-5c4c3C2=O)NC(=O)/C(C)=C\C=C\[C@H](C)[C@H](O)[C@@H](C)[C@@H](O)[C@@H](C)[C@H](OC(C)=O)[C@@H]1C. The summed E-state index contributed by atoms with van der Waals surface area (Å²) >= 11 is 0. The summed E-state index contributed by atoms with van der Waals surface area (Å²) in [6.45, 7) is 19.8. The number of Topliss-reactive ketones (excluding diaryl/α,β-unsaturated/α-hetero) is 1. The van der Waals surface area contributed by atoms with E-state index in [0.29, 0.717) is 105 Å². The number of piperidine rings is 1. The number of aryl methyl sites for hydroxylation is 1. The average molecular weight is 1840 g/mol. The molecule has 2 aromatic heterocycles. The second kappa shape index (κ2) is 39.8. The number of nitrogens with one attached hydrogen (secondary N) is 4. The van der Waals surface area contributed by atoms with Gasteiger partial charge in [0.1, 0.15) is 58.8 Å². The van der Waals surface area contributed by atoms with Gasteiger partial charge in [0, 0.05) is 154 Å². The number of benzene rings is 4. The van der Waals surface area contributed by atoms with E-state index in [1.54, 1.807) is 90.1 Å². The zero-order valence-electron chi connectivity index (χ0n) is 77.4. The largest absolute Gasteiger partial charge is 0.507 e. The molecule has 0 unspecified atom stereocenters. The van der Waals surface area contributed by atoms with E-state index in [4.69, 9.17) is 38.8 Å². The highest BCUT2D eigenvalue weighted by molar-refractivity contribution is 6.23. The van der Waals surface area contributed by atoms with Gasteiger partial charge in [0.05, 0.1) is 52.9 Å². The Bertz CT molecular complexity index is 5970. The highest BCUT2D eigenvalue weighted by atomic mass is 19.1. The van der Waals surface area contributed by atoms with Crippen molar-refractivity contribution in [3.05, 3.63) is 157 Å². The van der Waals surface area contributed by atoms with Crippen molar-refractivity contribution in [2.24, 2.45) is 41.2 Å². The number of carboxylic acid groups (broad SMARTS) is 1. The number of pyridine rings is 2. The van der Waals surface area contributed by atoms with E-state index in [1.165, 1.54) is 75.8 Å². The van der Waals surface area contributed by atoms with Gasteiger partial charge in [-0.25, -0.2) is 14.2 Å². The number of rotatable bonds is 29. The fraction of sp³-hybridized carbons (Fsp3) is 0.505. The number of carbonyl (C=O) groups excluding carboxylic acids is 9. The van der Waals surface area contributed by atoms with E-state index in [2.05, 4.69) is 43.0 Å². The molecule has 4 bridgehead atoms. The molecule has 0 radical (unpaired) electrons. The minimum atomic E-state index is -2.23. The molecule has 2 saturated carbocycles. The van der Waals surface area contributed by atoms with Crippen molar-refractivity contribution < 1.29 is 101 Å². The molecule has 3 aliphatic carbocycles. The van der Waals surface area contributed by atoms with Gasteiger partial charge < -0.3 is 85.3 Å². The van der Waals surface area contributed by atoms with E-state index in [1.807, 2.05) is 6.92 Å². The number of ketones is 1. The summed E-state index contributed by atoms with van der Waals surface area (Å²) in [5.74, 6) is -13.6. The first kappa shape index (κ1) is 96.6. The number of phenolic OH excluding ortho intramolecular Hbond substituents is 1. The smallest absolute Gasteiger partial charge is 0.341 e. The lowest BCUT2D eigenvalue weighted by Gasteiger charge is -2.43. The third kappa shape index (κ3) is 20.0. The Kier molecular flexibility index (Phi) is 28.9. The van der Waals surface area contributed by atoms with Crippen LogP contribution in [0.1, 0.15) is 208 Å². The number of aromatic carboxylic acids is 1. The summed E-state index contributed by atoms with van der Waals surface area (Å²) in [5.41, 5.74) is 6.10. The number of carbonyl (C=O) groups is 10. The molecular formula is C99H120FN11O22. The van der Waals surface area contributed by atoms with Crippen LogP contribution in [0.25, 0.3) is 38.8 Å². The molecule has 12 atom stereocenters. The maximum absolute atomic E-state index is 16.7. The molecule has 33 nitrogen and oxygen atoms in total. The van der Waals surface area contributed by atoms with Crippen LogP contribution in [0.3, 0.4) is 0 Å². The molecule has 10 N–H and O–H groups in total. The topological polar surface area (TPSA) is 449 Å². The number of anilines is 4. The number of aliphatic hydroxyl groups is 2. The van der Waals surface area contributed by atoms with Gasteiger partial charge in [-0.1, -0.05) is 84.7 Å². The van der Waals surface area contributed by atoms with Gasteiger partial charge >= 0.3 is 17.7 Å². The van der Waals surface area contributed by atoms with Crippen LogP contribution in [-0.4, -0.2) is 199 Å². The molecule has 9 aliphatic rings. The number of hydrogen-bond donors (Lipinski definition) is 9. The Balaban J connectivity index is 0.794. The fourth-order valence-electron chi connectivity index (χ4n) is 19.9. The van der Waals surface area contributed by atoms with E-state index in [-0.39, 0.29) is 112 Å². The van der Waals surface area contributed by atoms with Crippen LogP contribution in [0, 0.1) is 55.2 Å². The molecule has 8 heterocycles. The predicted octanol–water partition coefficient (Wildman–Crippen LogP) is 11.2. The lowest BCUT2D eigenvalue weighted by molar-refractivity contribution is -0.160. The number of unbranched alkanes of at least 4 members (excludes halogenated alkanes) is 3. The molecule has 710 valence electrons. The zero-order chi connectivity index (χ0) is 95.8. The standard InChI is InChI=1S/C99H120FN11O22/c1-50(2)79(104-73(114)24-15-14-18-39-110-74(115)31-32-75(110)116)95(124)103-68(22-16-17-23-72(101)113)94(123)102-62-29-25-59(26-30-62)49-129-70-44-64(108-41-34-63(35-42-108)107(12)99(37-38-99)61-33-40-109(47-61)84-54(6)83-65(60-27-28-60)46-66(97(126)127)96(125)111(83)48-67(84)100)45-71-80(70)105-81-76-77-87(119)57(9)90-78(76)92(121)98(11,133-90)130-43-36-69(128-13)53(5)89(131-58(10)112)56(8)86(118)55(7)85(117)51(3)20-19-21-52(4)93(122)106-82(88(77)120)91(81)132-71/h19-21,25-26,29-32,36,43-46,48,50-51,53,55-56,60-61,63,68-69,79,85-86,89,117-119H,14-18,22-24,27-28,33-35,37-42,47,49H2,1-13H3,(H2,101,113)(H,102,123)(H,103,124)(H,104,114)(H,106,122)(H,126,127)/b20-19+,43-36+,52-21-/t51-,53+,55+,56+,61+,68-,69-,79-,85-,86+,89+,98-/m0/s1. The van der Waals surface area contributed by atoms with Crippen molar-refractivity contribution >= 4 is 109 Å². The summed E-state index contributed by atoms with van der Waals surface area (Å²) < 4.78 is 56.5. The zero-order valence-corrected chi connectivity index (χ0v) is 77.4. The van der Waals surface area contributed by atoms with Crippen LogP contribution in [0.15, 0.2) is 111 Å². The summed E-state index contributed by atoms with van der Waals surface area (Å²) in [5, 5.41) is 56.9. The number of ether oxygens (including phenoxy) is 5. The molecule has 7 amide bonds. The number of carboxylic acids is 1. The minimum absolute atomic E-state index is 0.0336. The Hall–Kier alpha value is -12.4. The van der Waals surface area contributed by atoms with Crippen LogP contribution in [0.5, 0.6) is 17.2 Å². The number of imide groups is 1. The quantitative estimate of drug-likeness (QED) is 0.00691. The van der Waals surface area contributed by atoms with Crippen molar-refractivity contribution in [3.8, 4) is 28.7 Å². The van der Waals surface area contributed by atoms with Crippen LogP contribution in [-0.2, 0) is 59.2 Å². The highest BCUT2D eigenvalue weighted by Crippen LogP contribution is 2.55. The molecule has 133 heavy (non-hydrogen) atoms. The third-order valence-corrected chi connectivity index (χ3v) is 28.1. The third-order valence-electron chi connectivity index (χ3n) is 28.1. The first-order chi connectivity index (χ1) is 63.2. The van der Waals surface area contributed by atoms with E-state index >= 15 is 14.0 Å². The number of fused-ring (bicyclic) bond motifs is 3. The Labute approximate surface area is 769 Å². The van der Waals surface area contributed by atoms with Crippen LogP contribution in [0.4, 0.5) is 27.1 Å². The van der Waals surface area contributed by atoms with Gasteiger partial charge in [0.25, 0.3) is 29.1 Å². The summed E-state index contributed by atoms with van der Waals surface area (Å²) in [7, 11) is 3.58. The first-order valence-corrected chi connectivity index (χ1v) is 46.0.